The minimum atomic E-state index is -0.800. The van der Waals surface area contributed by atoms with Gasteiger partial charge in [-0.3, -0.25) is 9.59 Å². The normalized spacial score (nSPS) is 13.1. The molecule has 1 rings (SSSR count). The van der Waals surface area contributed by atoms with Crippen molar-refractivity contribution in [2.75, 3.05) is 25.6 Å². The van der Waals surface area contributed by atoms with E-state index in [0.29, 0.717) is 18.7 Å². The zero-order valence-electron chi connectivity index (χ0n) is 21.4. The highest BCUT2D eigenvalue weighted by Gasteiger charge is 2.34. The first-order valence-electron chi connectivity index (χ1n) is 11.5. The van der Waals surface area contributed by atoms with E-state index in [0.717, 1.165) is 29.5 Å². The second kappa shape index (κ2) is 13.5. The number of unbranched alkanes of at least 4 members (excludes halogenated alkanes) is 1. The van der Waals surface area contributed by atoms with Crippen molar-refractivity contribution in [3.8, 4) is 0 Å². The van der Waals surface area contributed by atoms with Crippen LogP contribution in [0, 0.1) is 13.8 Å². The zero-order chi connectivity index (χ0) is 25.2. The fraction of sp³-hybridized carbons (Fsp3) is 0.640. The van der Waals surface area contributed by atoms with Crippen LogP contribution in [-0.2, 0) is 14.3 Å². The van der Waals surface area contributed by atoms with Crippen LogP contribution >= 0.6 is 11.8 Å². The van der Waals surface area contributed by atoms with Crippen molar-refractivity contribution in [3.63, 3.8) is 0 Å². The lowest BCUT2D eigenvalue weighted by atomic mass is 9.95. The van der Waals surface area contributed by atoms with Gasteiger partial charge in [0.1, 0.15) is 17.7 Å². The number of benzene rings is 1. The highest BCUT2D eigenvalue weighted by atomic mass is 32.2. The number of aryl methyl sites for hydroxylation is 1. The lowest BCUT2D eigenvalue weighted by Crippen LogP contribution is -2.52. The summed E-state index contributed by atoms with van der Waals surface area (Å²) < 4.78 is 5.36. The Balaban J connectivity index is 3.25. The summed E-state index contributed by atoms with van der Waals surface area (Å²) >= 11 is 1.59. The number of carbonyl (C=O) groups excluding carboxylic acids is 3. The van der Waals surface area contributed by atoms with Gasteiger partial charge in [-0.1, -0.05) is 31.5 Å². The Morgan fingerprint density at radius 2 is 1.85 bits per heavy atom. The molecule has 186 valence electrons. The number of alkyl carbamates (subject to hydrolysis) is 1. The Morgan fingerprint density at radius 1 is 1.18 bits per heavy atom. The molecule has 0 saturated carbocycles. The molecule has 0 fully saturated rings. The Bertz CT molecular complexity index is 807. The minimum Gasteiger partial charge on any atom is -0.444 e. The molecule has 0 aliphatic heterocycles. The summed E-state index contributed by atoms with van der Waals surface area (Å²) in [5, 5.41) is 5.68. The largest absolute Gasteiger partial charge is 0.444 e. The van der Waals surface area contributed by atoms with Crippen molar-refractivity contribution in [2.45, 2.75) is 78.5 Å². The molecule has 0 aromatic heterocycles. The number of likely N-dealkylation sites (N-methyl/N-ethyl adjacent to an activating group) is 1. The van der Waals surface area contributed by atoms with E-state index in [1.807, 2.05) is 38.3 Å². The number of rotatable bonds is 11. The summed E-state index contributed by atoms with van der Waals surface area (Å²) in [7, 11) is 1.62. The van der Waals surface area contributed by atoms with Crippen LogP contribution in [-0.4, -0.2) is 60.1 Å². The third kappa shape index (κ3) is 9.27. The topological polar surface area (TPSA) is 87.7 Å². The third-order valence-corrected chi connectivity index (χ3v) is 6.00. The first-order chi connectivity index (χ1) is 15.4. The highest BCUT2D eigenvalue weighted by Crippen LogP contribution is 2.26. The lowest BCUT2D eigenvalue weighted by molar-refractivity contribution is -0.140. The number of hydrogen-bond donors (Lipinski definition) is 2. The molecule has 1 aromatic carbocycles. The standard InChI is InChI=1S/C25H41N3O4S/c1-9-10-15-26-22(29)21(19-13-11-12-17(2)18(19)3)28(7)23(30)20(14-16-33-8)27-24(31)32-25(4,5)6/h11-13,20-21H,9-10,14-16H2,1-8H3,(H,26,29)(H,27,31). The average Bonchev–Trinajstić information content (AvgIpc) is 2.72. The van der Waals surface area contributed by atoms with Crippen LogP contribution in [0.25, 0.3) is 0 Å². The van der Waals surface area contributed by atoms with Crippen LogP contribution in [0.3, 0.4) is 0 Å². The molecule has 3 amide bonds. The van der Waals surface area contributed by atoms with Crippen molar-refractivity contribution in [2.24, 2.45) is 0 Å². The zero-order valence-corrected chi connectivity index (χ0v) is 22.2. The van der Waals surface area contributed by atoms with Crippen LogP contribution in [0.2, 0.25) is 0 Å². The summed E-state index contributed by atoms with van der Waals surface area (Å²) in [6.45, 7) is 11.9. The minimum absolute atomic E-state index is 0.228. The molecule has 0 bridgehead atoms. The third-order valence-electron chi connectivity index (χ3n) is 5.35. The molecule has 7 nitrogen and oxygen atoms in total. The first kappa shape index (κ1) is 28.8. The van der Waals surface area contributed by atoms with Crippen LogP contribution in [0.15, 0.2) is 18.2 Å². The number of nitrogens with zero attached hydrogens (tertiary/aromatic N) is 1. The van der Waals surface area contributed by atoms with Crippen molar-refractivity contribution < 1.29 is 19.1 Å². The summed E-state index contributed by atoms with van der Waals surface area (Å²) in [6, 6.07) is 4.17. The number of thioether (sulfide) groups is 1. The van der Waals surface area contributed by atoms with Gasteiger partial charge in [-0.05, 0) is 76.2 Å². The second-order valence-electron chi connectivity index (χ2n) is 9.27. The van der Waals surface area contributed by atoms with Gasteiger partial charge in [0.25, 0.3) is 0 Å². The van der Waals surface area contributed by atoms with Gasteiger partial charge in [0.15, 0.2) is 0 Å². The number of nitrogens with one attached hydrogen (secondary N) is 2. The van der Waals surface area contributed by atoms with Gasteiger partial charge < -0.3 is 20.3 Å². The molecule has 0 heterocycles. The van der Waals surface area contributed by atoms with Crippen molar-refractivity contribution in [1.82, 2.24) is 15.5 Å². The van der Waals surface area contributed by atoms with Crippen LogP contribution in [0.4, 0.5) is 4.79 Å². The number of hydrogen-bond acceptors (Lipinski definition) is 5. The molecule has 1 aromatic rings. The maximum absolute atomic E-state index is 13.6. The molecule has 2 unspecified atom stereocenters. The van der Waals surface area contributed by atoms with E-state index in [-0.39, 0.29) is 11.8 Å². The monoisotopic (exact) mass is 479 g/mol. The van der Waals surface area contributed by atoms with Gasteiger partial charge in [-0.2, -0.15) is 11.8 Å². The van der Waals surface area contributed by atoms with Gasteiger partial charge >= 0.3 is 6.09 Å². The van der Waals surface area contributed by atoms with Gasteiger partial charge in [-0.15, -0.1) is 0 Å². The molecule has 33 heavy (non-hydrogen) atoms. The fourth-order valence-corrected chi connectivity index (χ4v) is 3.87. The van der Waals surface area contributed by atoms with Gasteiger partial charge in [0, 0.05) is 13.6 Å². The molecule has 0 radical (unpaired) electrons. The van der Waals surface area contributed by atoms with Gasteiger partial charge in [0.05, 0.1) is 0 Å². The Hall–Kier alpha value is -2.22. The van der Waals surface area contributed by atoms with Crippen LogP contribution in [0.5, 0.6) is 0 Å². The van der Waals surface area contributed by atoms with E-state index in [4.69, 9.17) is 4.74 Å². The number of ether oxygens (including phenoxy) is 1. The van der Waals surface area contributed by atoms with Crippen molar-refractivity contribution >= 4 is 29.7 Å². The van der Waals surface area contributed by atoms with E-state index in [1.54, 1.807) is 39.6 Å². The lowest BCUT2D eigenvalue weighted by Gasteiger charge is -2.32. The van der Waals surface area contributed by atoms with Gasteiger partial charge in [0.2, 0.25) is 11.8 Å². The molecule has 2 N–H and O–H groups in total. The molecule has 0 aliphatic carbocycles. The predicted molar refractivity (Wildman–Crippen MR) is 136 cm³/mol. The molecule has 2 atom stereocenters. The smallest absolute Gasteiger partial charge is 0.408 e. The van der Waals surface area contributed by atoms with E-state index < -0.39 is 23.8 Å². The quantitative estimate of drug-likeness (QED) is 0.460. The molecular weight excluding hydrogens is 438 g/mol. The summed E-state index contributed by atoms with van der Waals surface area (Å²) in [5.41, 5.74) is 2.11. The van der Waals surface area contributed by atoms with Crippen molar-refractivity contribution in [3.05, 3.63) is 34.9 Å². The molecule has 0 spiro atoms. The molecule has 0 aliphatic rings. The Labute approximate surface area is 203 Å². The van der Waals surface area contributed by atoms with Crippen LogP contribution < -0.4 is 10.6 Å². The highest BCUT2D eigenvalue weighted by molar-refractivity contribution is 7.98. The Kier molecular flexibility index (Phi) is 11.8. The predicted octanol–water partition coefficient (Wildman–Crippen LogP) is 4.37. The molecular formula is C25H41N3O4S. The Morgan fingerprint density at radius 3 is 2.42 bits per heavy atom. The van der Waals surface area contributed by atoms with E-state index in [9.17, 15) is 14.4 Å². The second-order valence-corrected chi connectivity index (χ2v) is 10.3. The first-order valence-corrected chi connectivity index (χ1v) is 12.9. The fourth-order valence-electron chi connectivity index (χ4n) is 3.40. The van der Waals surface area contributed by atoms with Crippen molar-refractivity contribution in [1.29, 1.82) is 0 Å². The maximum Gasteiger partial charge on any atom is 0.408 e. The SMILES string of the molecule is CCCCNC(=O)C(c1cccc(C)c1C)N(C)C(=O)C(CCSC)NC(=O)OC(C)(C)C. The molecule has 0 saturated heterocycles. The summed E-state index contributed by atoms with van der Waals surface area (Å²) in [6.07, 6.45) is 3.55. The molecule has 8 heteroatoms. The van der Waals surface area contributed by atoms with Gasteiger partial charge in [-0.25, -0.2) is 4.79 Å². The van der Waals surface area contributed by atoms with E-state index in [2.05, 4.69) is 17.6 Å². The average molecular weight is 480 g/mol. The van der Waals surface area contributed by atoms with Crippen LogP contribution in [0.1, 0.15) is 69.7 Å². The van der Waals surface area contributed by atoms with E-state index >= 15 is 0 Å². The van der Waals surface area contributed by atoms with E-state index in [1.165, 1.54) is 4.90 Å². The maximum atomic E-state index is 13.6. The summed E-state index contributed by atoms with van der Waals surface area (Å²) in [5.74, 6) is 0.122. The number of carbonyl (C=O) groups is 3. The number of amides is 3. The summed E-state index contributed by atoms with van der Waals surface area (Å²) in [4.78, 5) is 40.7.